The molecular weight excluding hydrogens is 395 g/mol. The van der Waals surface area contributed by atoms with Gasteiger partial charge in [0.15, 0.2) is 9.84 Å². The van der Waals surface area contributed by atoms with Gasteiger partial charge >= 0.3 is 11.8 Å². The van der Waals surface area contributed by atoms with Crippen molar-refractivity contribution in [2.24, 2.45) is 0 Å². The largest absolute Gasteiger partial charge is 0.383 e. The van der Waals surface area contributed by atoms with E-state index >= 15 is 0 Å². The Labute approximate surface area is 160 Å². The van der Waals surface area contributed by atoms with Crippen molar-refractivity contribution in [3.63, 3.8) is 0 Å². The second kappa shape index (κ2) is 9.58. The summed E-state index contributed by atoms with van der Waals surface area (Å²) in [5.41, 5.74) is 0.310. The van der Waals surface area contributed by atoms with Crippen LogP contribution >= 0.6 is 11.3 Å². The number of methoxy groups -OCH3 is 1. The van der Waals surface area contributed by atoms with Gasteiger partial charge in [-0.25, -0.2) is 12.8 Å². The van der Waals surface area contributed by atoms with Gasteiger partial charge in [0, 0.05) is 20.2 Å². The Morgan fingerprint density at radius 1 is 1.15 bits per heavy atom. The fourth-order valence-corrected chi connectivity index (χ4v) is 5.13. The van der Waals surface area contributed by atoms with Crippen molar-refractivity contribution in [1.29, 1.82) is 0 Å². The van der Waals surface area contributed by atoms with Crippen molar-refractivity contribution < 1.29 is 27.1 Å². The third kappa shape index (κ3) is 5.59. The monoisotopic (exact) mass is 414 g/mol. The predicted octanol–water partition coefficient (Wildman–Crippen LogP) is 1.28. The molecule has 2 amide bonds. The van der Waals surface area contributed by atoms with E-state index < -0.39 is 32.7 Å². The third-order valence-corrected chi connectivity index (χ3v) is 7.17. The maximum absolute atomic E-state index is 13.2. The molecule has 0 aliphatic rings. The number of hydrogen-bond donors (Lipinski definition) is 2. The van der Waals surface area contributed by atoms with Crippen molar-refractivity contribution in [1.82, 2.24) is 10.6 Å². The molecule has 0 aliphatic carbocycles. The zero-order valence-electron chi connectivity index (χ0n) is 14.5. The lowest BCUT2D eigenvalue weighted by atomic mass is 10.1. The lowest BCUT2D eigenvalue weighted by molar-refractivity contribution is -0.139. The van der Waals surface area contributed by atoms with Crippen LogP contribution in [0.3, 0.4) is 0 Å². The van der Waals surface area contributed by atoms with Crippen LogP contribution in [0.15, 0.2) is 46.0 Å². The molecule has 10 heteroatoms. The van der Waals surface area contributed by atoms with E-state index in [0.717, 1.165) is 23.5 Å². The Morgan fingerprint density at radius 3 is 2.41 bits per heavy atom. The maximum atomic E-state index is 13.2. The highest BCUT2D eigenvalue weighted by Gasteiger charge is 2.31. The fraction of sp³-hybridized carbons (Fsp3) is 0.294. The minimum absolute atomic E-state index is 0.121. The van der Waals surface area contributed by atoms with Gasteiger partial charge in [-0.1, -0.05) is 18.2 Å². The Hall–Kier alpha value is -2.30. The van der Waals surface area contributed by atoms with Crippen LogP contribution in [-0.2, 0) is 24.2 Å². The number of hydrogen-bond acceptors (Lipinski definition) is 6. The van der Waals surface area contributed by atoms with Crippen molar-refractivity contribution in [2.45, 2.75) is 9.46 Å². The first-order chi connectivity index (χ1) is 12.9. The summed E-state index contributed by atoms with van der Waals surface area (Å²) in [5, 5.41) is 5.14. The minimum atomic E-state index is -3.84. The Balaban J connectivity index is 2.17. The second-order valence-electron chi connectivity index (χ2n) is 5.48. The number of amides is 2. The summed E-state index contributed by atoms with van der Waals surface area (Å²) in [6.45, 7) is 0.0595. The first-order valence-corrected chi connectivity index (χ1v) is 10.4. The molecule has 0 fully saturated rings. The van der Waals surface area contributed by atoms with Crippen LogP contribution < -0.4 is 10.6 Å². The number of thiophene rings is 1. The van der Waals surface area contributed by atoms with Gasteiger partial charge in [-0.05, 0) is 29.1 Å². The quantitative estimate of drug-likeness (QED) is 0.501. The number of ether oxygens (including phenoxy) is 1. The van der Waals surface area contributed by atoms with E-state index in [0.29, 0.717) is 5.56 Å². The van der Waals surface area contributed by atoms with Gasteiger partial charge in [-0.15, -0.1) is 11.3 Å². The number of rotatable bonds is 8. The molecule has 2 N–H and O–H groups in total. The first-order valence-electron chi connectivity index (χ1n) is 7.94. The average Bonchev–Trinajstić information content (AvgIpc) is 3.18. The number of benzene rings is 1. The topological polar surface area (TPSA) is 102 Å². The Kier molecular flexibility index (Phi) is 7.45. The average molecular weight is 414 g/mol. The van der Waals surface area contributed by atoms with Crippen LogP contribution in [0.25, 0.3) is 0 Å². The highest BCUT2D eigenvalue weighted by Crippen LogP contribution is 2.31. The van der Waals surface area contributed by atoms with E-state index in [-0.39, 0.29) is 23.9 Å². The molecule has 0 saturated heterocycles. The first kappa shape index (κ1) is 21.0. The molecule has 0 radical (unpaired) electrons. The molecule has 27 heavy (non-hydrogen) atoms. The predicted molar refractivity (Wildman–Crippen MR) is 98.5 cm³/mol. The fourth-order valence-electron chi connectivity index (χ4n) is 2.26. The molecule has 146 valence electrons. The van der Waals surface area contributed by atoms with Crippen LogP contribution in [-0.4, -0.2) is 47.0 Å². The van der Waals surface area contributed by atoms with Gasteiger partial charge in [0.05, 0.1) is 6.61 Å². The summed E-state index contributed by atoms with van der Waals surface area (Å²) in [7, 11) is -2.38. The third-order valence-electron chi connectivity index (χ3n) is 3.64. The number of carbonyl (C=O) groups is 2. The van der Waals surface area contributed by atoms with Gasteiger partial charge in [0.2, 0.25) is 0 Å². The molecule has 2 rings (SSSR count). The second-order valence-corrected chi connectivity index (χ2v) is 8.78. The molecule has 0 bridgehead atoms. The standard InChI is InChI=1S/C17H19FN2O5S2/c1-25-9-8-19-16(21)17(22)20-11-14(12-4-6-13(18)7-5-12)27(23,24)15-3-2-10-26-15/h2-7,10,14H,8-9,11H2,1H3,(H,19,21)(H,20,22)/t14-/m0/s1. The molecule has 0 aliphatic heterocycles. The van der Waals surface area contributed by atoms with Crippen molar-refractivity contribution >= 4 is 33.0 Å². The SMILES string of the molecule is COCCNC(=O)C(=O)NC[C@@H](c1ccc(F)cc1)S(=O)(=O)c1cccs1. The number of halogens is 1. The van der Waals surface area contributed by atoms with E-state index in [1.165, 1.54) is 25.3 Å². The van der Waals surface area contributed by atoms with E-state index in [1.807, 2.05) is 0 Å². The molecule has 0 unspecified atom stereocenters. The summed E-state index contributed by atoms with van der Waals surface area (Å²) in [6, 6.07) is 8.03. The molecular formula is C17H19FN2O5S2. The van der Waals surface area contributed by atoms with Gasteiger partial charge in [-0.3, -0.25) is 9.59 Å². The lowest BCUT2D eigenvalue weighted by Gasteiger charge is -2.18. The summed E-state index contributed by atoms with van der Waals surface area (Å²) >= 11 is 1.04. The number of carbonyl (C=O) groups excluding carboxylic acids is 2. The van der Waals surface area contributed by atoms with Gasteiger partial charge in [0.25, 0.3) is 0 Å². The van der Waals surface area contributed by atoms with Crippen LogP contribution in [0.4, 0.5) is 4.39 Å². The molecule has 1 aromatic heterocycles. The van der Waals surface area contributed by atoms with E-state index in [1.54, 1.807) is 11.4 Å². The molecule has 2 aromatic rings. The van der Waals surface area contributed by atoms with Crippen LogP contribution in [0.1, 0.15) is 10.8 Å². The molecule has 1 heterocycles. The minimum Gasteiger partial charge on any atom is -0.383 e. The van der Waals surface area contributed by atoms with Gasteiger partial charge in [-0.2, -0.15) is 0 Å². The smallest absolute Gasteiger partial charge is 0.309 e. The van der Waals surface area contributed by atoms with Crippen molar-refractivity contribution in [3.05, 3.63) is 53.2 Å². The summed E-state index contributed by atoms with van der Waals surface area (Å²) in [4.78, 5) is 23.6. The normalized spacial score (nSPS) is 12.4. The van der Waals surface area contributed by atoms with Gasteiger partial charge < -0.3 is 15.4 Å². The Morgan fingerprint density at radius 2 is 1.81 bits per heavy atom. The molecule has 0 spiro atoms. The summed E-state index contributed by atoms with van der Waals surface area (Å²) < 4.78 is 43.9. The van der Waals surface area contributed by atoms with Crippen LogP contribution in [0.5, 0.6) is 0 Å². The maximum Gasteiger partial charge on any atom is 0.309 e. The number of sulfone groups is 1. The summed E-state index contributed by atoms with van der Waals surface area (Å²) in [6.07, 6.45) is 0. The highest BCUT2D eigenvalue weighted by molar-refractivity contribution is 7.93. The molecule has 7 nitrogen and oxygen atoms in total. The Bertz CT molecular complexity index is 867. The molecule has 1 aromatic carbocycles. The van der Waals surface area contributed by atoms with Gasteiger partial charge in [0.1, 0.15) is 15.3 Å². The zero-order chi connectivity index (χ0) is 19.9. The molecule has 1 atom stereocenters. The van der Waals surface area contributed by atoms with E-state index in [4.69, 9.17) is 4.74 Å². The van der Waals surface area contributed by atoms with Crippen molar-refractivity contribution in [2.75, 3.05) is 26.8 Å². The van der Waals surface area contributed by atoms with E-state index in [9.17, 15) is 22.4 Å². The van der Waals surface area contributed by atoms with Crippen molar-refractivity contribution in [3.8, 4) is 0 Å². The lowest BCUT2D eigenvalue weighted by Crippen LogP contribution is -2.43. The highest BCUT2D eigenvalue weighted by atomic mass is 32.2. The zero-order valence-corrected chi connectivity index (χ0v) is 16.1. The number of nitrogens with one attached hydrogen (secondary N) is 2. The van der Waals surface area contributed by atoms with Crippen LogP contribution in [0, 0.1) is 5.82 Å². The van der Waals surface area contributed by atoms with Crippen LogP contribution in [0.2, 0.25) is 0 Å². The molecule has 0 saturated carbocycles. The van der Waals surface area contributed by atoms with E-state index in [2.05, 4.69) is 10.6 Å². The summed E-state index contributed by atoms with van der Waals surface area (Å²) in [5.74, 6) is -2.36.